The molecule has 0 aromatic rings. The first-order chi connectivity index (χ1) is 9.45. The fraction of sp³-hybridized carbons (Fsp3) is 0.923. The lowest BCUT2D eigenvalue weighted by Gasteiger charge is -2.52. The molecule has 7 heteroatoms. The molecule has 2 saturated heterocycles. The molecule has 20 heavy (non-hydrogen) atoms. The Morgan fingerprint density at radius 1 is 1.45 bits per heavy atom. The predicted molar refractivity (Wildman–Crippen MR) is 75.8 cm³/mol. The summed E-state index contributed by atoms with van der Waals surface area (Å²) in [7, 11) is 1.68. The highest BCUT2D eigenvalue weighted by Gasteiger charge is 2.45. The van der Waals surface area contributed by atoms with Gasteiger partial charge in [-0.05, 0) is 12.8 Å². The molecule has 0 aliphatic carbocycles. The Balaban J connectivity index is 2.07. The monoisotopic (exact) mass is 285 g/mol. The first kappa shape index (κ1) is 15.5. The molecule has 2 amide bonds. The van der Waals surface area contributed by atoms with E-state index in [-0.39, 0.29) is 24.3 Å². The summed E-state index contributed by atoms with van der Waals surface area (Å²) in [5.74, 6) is 0.534. The first-order valence-electron chi connectivity index (χ1n) is 7.48. The van der Waals surface area contributed by atoms with Crippen LogP contribution >= 0.6 is 0 Å². The molecule has 0 bridgehead atoms. The van der Waals surface area contributed by atoms with Crippen LogP contribution in [-0.2, 0) is 0 Å². The van der Waals surface area contributed by atoms with E-state index < -0.39 is 6.23 Å². The number of urea groups is 1. The number of aliphatic hydroxyl groups excluding tert-OH is 1. The Hall–Kier alpha value is -0.890. The molecule has 5 atom stereocenters. The van der Waals surface area contributed by atoms with Crippen molar-refractivity contribution in [1.29, 1.82) is 0 Å². The summed E-state index contributed by atoms with van der Waals surface area (Å²) in [5.41, 5.74) is 3.06. The lowest BCUT2D eigenvalue weighted by atomic mass is 9.81. The quantitative estimate of drug-likeness (QED) is 0.601. The molecule has 2 aliphatic heterocycles. The number of aliphatic hydroxyl groups is 1. The highest BCUT2D eigenvalue weighted by Crippen LogP contribution is 2.30. The first-order valence-corrected chi connectivity index (χ1v) is 7.48. The molecule has 116 valence electrons. The van der Waals surface area contributed by atoms with Crippen LogP contribution in [0.25, 0.3) is 0 Å². The van der Waals surface area contributed by atoms with Crippen LogP contribution in [0.3, 0.4) is 0 Å². The summed E-state index contributed by atoms with van der Waals surface area (Å²) >= 11 is 0. The van der Waals surface area contributed by atoms with E-state index in [1.165, 1.54) is 17.9 Å². The molecule has 0 radical (unpaired) electrons. The van der Waals surface area contributed by atoms with Gasteiger partial charge in [0.05, 0.1) is 0 Å². The maximum absolute atomic E-state index is 11.6. The number of fused-ring (bicyclic) bond motifs is 1. The molecule has 2 fully saturated rings. The maximum Gasteiger partial charge on any atom is 0.334 e. The van der Waals surface area contributed by atoms with Gasteiger partial charge in [0.2, 0.25) is 0 Å². The molecule has 2 heterocycles. The summed E-state index contributed by atoms with van der Waals surface area (Å²) in [6.07, 6.45) is 2.45. The van der Waals surface area contributed by atoms with E-state index in [4.69, 9.17) is 0 Å². The van der Waals surface area contributed by atoms with Gasteiger partial charge in [0.1, 0.15) is 6.23 Å². The molecule has 0 aromatic carbocycles. The second-order valence-corrected chi connectivity index (χ2v) is 5.97. The average Bonchev–Trinajstić information content (AvgIpc) is 2.39. The minimum atomic E-state index is -0.608. The number of nitrogens with zero attached hydrogens (tertiary/aromatic N) is 2. The van der Waals surface area contributed by atoms with E-state index in [0.717, 1.165) is 6.42 Å². The Kier molecular flexibility index (Phi) is 4.85. The van der Waals surface area contributed by atoms with Gasteiger partial charge in [0.25, 0.3) is 0 Å². The third kappa shape index (κ3) is 2.90. The van der Waals surface area contributed by atoms with E-state index in [9.17, 15) is 9.90 Å². The van der Waals surface area contributed by atoms with Crippen molar-refractivity contribution in [2.75, 3.05) is 7.05 Å². The largest absolute Gasteiger partial charge is 0.378 e. The van der Waals surface area contributed by atoms with Crippen molar-refractivity contribution in [2.24, 2.45) is 11.8 Å². The zero-order valence-electron chi connectivity index (χ0n) is 12.8. The van der Waals surface area contributed by atoms with Crippen LogP contribution in [0, 0.1) is 11.8 Å². The highest BCUT2D eigenvalue weighted by molar-refractivity contribution is 5.74. The van der Waals surface area contributed by atoms with Crippen LogP contribution in [0.5, 0.6) is 0 Å². The fourth-order valence-electron chi connectivity index (χ4n) is 3.24. The second kappa shape index (κ2) is 6.26. The van der Waals surface area contributed by atoms with Gasteiger partial charge in [-0.3, -0.25) is 5.32 Å². The normalized spacial score (nSPS) is 36.5. The van der Waals surface area contributed by atoms with Crippen molar-refractivity contribution < 1.29 is 9.90 Å². The average molecular weight is 285 g/mol. The van der Waals surface area contributed by atoms with Gasteiger partial charge in [-0.25, -0.2) is 9.80 Å². The van der Waals surface area contributed by atoms with Crippen LogP contribution in [-0.4, -0.2) is 46.8 Å². The lowest BCUT2D eigenvalue weighted by Crippen LogP contribution is -2.79. The lowest BCUT2D eigenvalue weighted by molar-refractivity contribution is -0.153. The van der Waals surface area contributed by atoms with E-state index in [1.807, 2.05) is 5.01 Å². The molecular weight excluding hydrogens is 258 g/mol. The van der Waals surface area contributed by atoms with Crippen molar-refractivity contribution in [2.45, 2.75) is 58.6 Å². The molecule has 5 unspecified atom stereocenters. The van der Waals surface area contributed by atoms with Gasteiger partial charge in [-0.1, -0.05) is 33.1 Å². The second-order valence-electron chi connectivity index (χ2n) is 5.97. The summed E-state index contributed by atoms with van der Waals surface area (Å²) in [6, 6.07) is -0.0956. The van der Waals surface area contributed by atoms with E-state index in [1.54, 1.807) is 7.05 Å². The van der Waals surface area contributed by atoms with Gasteiger partial charge in [0.15, 0.2) is 6.29 Å². The molecular formula is C13H27N5O2. The van der Waals surface area contributed by atoms with E-state index in [0.29, 0.717) is 5.92 Å². The number of carbonyl (C=O) groups excluding carboxylic acids is 1. The topological polar surface area (TPSA) is 79.9 Å². The number of hydrazine groups is 2. The molecule has 2 rings (SSSR count). The van der Waals surface area contributed by atoms with Gasteiger partial charge in [0, 0.05) is 19.0 Å². The van der Waals surface area contributed by atoms with Crippen LogP contribution in [0.4, 0.5) is 4.79 Å². The number of nitrogens with one attached hydrogen (secondary N) is 3. The molecule has 0 aromatic heterocycles. The van der Waals surface area contributed by atoms with E-state index in [2.05, 4.69) is 36.9 Å². The smallest absolute Gasteiger partial charge is 0.334 e. The molecule has 7 nitrogen and oxygen atoms in total. The molecule has 0 saturated carbocycles. The number of hydrogen-bond acceptors (Lipinski definition) is 5. The molecule has 0 spiro atoms. The minimum absolute atomic E-state index is 0.117. The van der Waals surface area contributed by atoms with Crippen molar-refractivity contribution in [3.8, 4) is 0 Å². The van der Waals surface area contributed by atoms with E-state index >= 15 is 0 Å². The third-order valence-electron chi connectivity index (χ3n) is 4.47. The number of rotatable bonds is 4. The summed E-state index contributed by atoms with van der Waals surface area (Å²) in [4.78, 5) is 11.6. The maximum atomic E-state index is 11.6. The number of unbranched alkanes of at least 4 members (excludes halogenated alkanes) is 1. The summed E-state index contributed by atoms with van der Waals surface area (Å²) in [5, 5.41) is 19.6. The number of carbonyl (C=O) groups is 1. The van der Waals surface area contributed by atoms with Crippen molar-refractivity contribution in [3.05, 3.63) is 0 Å². The number of amides is 2. The third-order valence-corrected chi connectivity index (χ3v) is 4.47. The zero-order chi connectivity index (χ0) is 14.9. The van der Waals surface area contributed by atoms with Gasteiger partial charge < -0.3 is 10.4 Å². The number of hydrogen-bond donors (Lipinski definition) is 4. The molecule has 2 aliphatic rings. The Morgan fingerprint density at radius 3 is 2.80 bits per heavy atom. The Morgan fingerprint density at radius 2 is 2.15 bits per heavy atom. The van der Waals surface area contributed by atoms with Crippen LogP contribution < -0.4 is 16.2 Å². The van der Waals surface area contributed by atoms with Crippen molar-refractivity contribution in [1.82, 2.24) is 26.2 Å². The van der Waals surface area contributed by atoms with Crippen LogP contribution in [0.15, 0.2) is 0 Å². The Labute approximate surface area is 120 Å². The summed E-state index contributed by atoms with van der Waals surface area (Å²) < 4.78 is 0. The minimum Gasteiger partial charge on any atom is -0.378 e. The highest BCUT2D eigenvalue weighted by atomic mass is 16.3. The van der Waals surface area contributed by atoms with Gasteiger partial charge in [-0.2, -0.15) is 10.5 Å². The molecule has 4 N–H and O–H groups in total. The fourth-order valence-corrected chi connectivity index (χ4v) is 3.24. The van der Waals surface area contributed by atoms with Crippen molar-refractivity contribution >= 4 is 6.03 Å². The van der Waals surface area contributed by atoms with Crippen LogP contribution in [0.1, 0.15) is 40.0 Å². The SMILES string of the molecule is CCCCC(C)C1C(O)NC2NC(=O)N(C)NN2C1C. The van der Waals surface area contributed by atoms with Gasteiger partial charge in [-0.15, -0.1) is 0 Å². The van der Waals surface area contributed by atoms with Gasteiger partial charge >= 0.3 is 6.03 Å². The predicted octanol–water partition coefficient (Wildman–Crippen LogP) is 0.399. The Bertz CT molecular complexity index is 354. The summed E-state index contributed by atoms with van der Waals surface area (Å²) in [6.45, 7) is 6.45. The standard InChI is InChI=1S/C13H27N5O2/c1-5-6-7-8(2)10-9(3)18-12(14-11(10)19)15-13(20)17(4)16-18/h8-12,14,16,19H,5-7H2,1-4H3,(H,15,20). The van der Waals surface area contributed by atoms with Crippen LogP contribution in [0.2, 0.25) is 0 Å². The zero-order valence-corrected chi connectivity index (χ0v) is 12.8. The van der Waals surface area contributed by atoms with Crippen molar-refractivity contribution in [3.63, 3.8) is 0 Å².